The number of hydrogen-bond donors (Lipinski definition) is 2. The third-order valence-corrected chi connectivity index (χ3v) is 2.15. The Labute approximate surface area is 96.8 Å². The molecule has 17 heavy (non-hydrogen) atoms. The average Bonchev–Trinajstić information content (AvgIpc) is 2.26. The first-order chi connectivity index (χ1) is 7.92. The van der Waals surface area contributed by atoms with Gasteiger partial charge in [0.15, 0.2) is 0 Å². The Balaban J connectivity index is 2.74. The van der Waals surface area contributed by atoms with Gasteiger partial charge in [-0.2, -0.15) is 13.2 Å². The zero-order valence-corrected chi connectivity index (χ0v) is 9.05. The van der Waals surface area contributed by atoms with Gasteiger partial charge in [0, 0.05) is 12.1 Å². The lowest BCUT2D eigenvalue weighted by Gasteiger charge is -2.11. The van der Waals surface area contributed by atoms with Gasteiger partial charge >= 0.3 is 6.18 Å². The fraction of sp³-hybridized carbons (Fsp3) is 0.364. The summed E-state index contributed by atoms with van der Waals surface area (Å²) in [7, 11) is 0. The smallest absolute Gasteiger partial charge is 0.325 e. The number of carbonyl (C=O) groups is 1. The number of aryl methyl sites for hydroxylation is 1. The highest BCUT2D eigenvalue weighted by Gasteiger charge is 2.26. The van der Waals surface area contributed by atoms with Gasteiger partial charge in [0.05, 0.1) is 6.54 Å². The number of rotatable bonds is 4. The molecular weight excluding hydrogens is 233 g/mol. The van der Waals surface area contributed by atoms with Crippen LogP contribution in [0.25, 0.3) is 0 Å². The van der Waals surface area contributed by atoms with Gasteiger partial charge in [-0.1, -0.05) is 18.2 Å². The van der Waals surface area contributed by atoms with E-state index in [-0.39, 0.29) is 13.0 Å². The zero-order chi connectivity index (χ0) is 12.9. The Morgan fingerprint density at radius 3 is 2.53 bits per heavy atom. The van der Waals surface area contributed by atoms with Crippen LogP contribution >= 0.6 is 0 Å². The van der Waals surface area contributed by atoms with Crippen molar-refractivity contribution in [3.63, 3.8) is 0 Å². The lowest BCUT2D eigenvalue weighted by atomic mass is 10.1. The second-order valence-electron chi connectivity index (χ2n) is 3.52. The van der Waals surface area contributed by atoms with Crippen LogP contribution in [0.3, 0.4) is 0 Å². The molecule has 1 aromatic carbocycles. The van der Waals surface area contributed by atoms with E-state index in [1.807, 2.05) is 0 Å². The second kappa shape index (κ2) is 5.67. The Bertz CT molecular complexity index is 391. The first kappa shape index (κ1) is 13.5. The fourth-order valence-corrected chi connectivity index (χ4v) is 1.34. The van der Waals surface area contributed by atoms with E-state index in [4.69, 9.17) is 5.73 Å². The van der Waals surface area contributed by atoms with Crippen LogP contribution < -0.4 is 11.1 Å². The summed E-state index contributed by atoms with van der Waals surface area (Å²) in [5.41, 5.74) is 5.95. The second-order valence-corrected chi connectivity index (χ2v) is 3.52. The van der Waals surface area contributed by atoms with Crippen LogP contribution in [0.5, 0.6) is 0 Å². The molecule has 3 N–H and O–H groups in total. The molecular formula is C11H13F3N2O. The molecule has 3 nitrogen and oxygen atoms in total. The summed E-state index contributed by atoms with van der Waals surface area (Å²) in [5.74, 6) is -0.426. The van der Waals surface area contributed by atoms with E-state index >= 15 is 0 Å². The summed E-state index contributed by atoms with van der Waals surface area (Å²) in [6.45, 7) is -0.201. The number of benzene rings is 1. The first-order valence-electron chi connectivity index (χ1n) is 5.07. The van der Waals surface area contributed by atoms with E-state index in [0.29, 0.717) is 11.3 Å². The number of carbonyl (C=O) groups excluding carboxylic acids is 1. The molecule has 0 radical (unpaired) electrons. The molecule has 94 valence electrons. The summed E-state index contributed by atoms with van der Waals surface area (Å²) in [6, 6.07) is 6.38. The molecule has 1 amide bonds. The molecule has 1 rings (SSSR count). The van der Waals surface area contributed by atoms with Crippen LogP contribution in [-0.2, 0) is 11.2 Å². The van der Waals surface area contributed by atoms with Gasteiger partial charge in [0.1, 0.15) is 0 Å². The molecule has 0 fully saturated rings. The van der Waals surface area contributed by atoms with Crippen LogP contribution in [0.2, 0.25) is 0 Å². The number of halogens is 3. The third kappa shape index (κ3) is 4.86. The predicted molar refractivity (Wildman–Crippen MR) is 58.5 cm³/mol. The number of hydrogen-bond acceptors (Lipinski definition) is 2. The Hall–Kier alpha value is -1.56. The van der Waals surface area contributed by atoms with Crippen LogP contribution in [0, 0.1) is 0 Å². The third-order valence-electron chi connectivity index (χ3n) is 2.15. The lowest BCUT2D eigenvalue weighted by molar-refractivity contribution is -0.133. The van der Waals surface area contributed by atoms with Crippen molar-refractivity contribution in [2.75, 3.05) is 11.9 Å². The number of alkyl halides is 3. The molecule has 0 unspecified atom stereocenters. The van der Waals surface area contributed by atoms with E-state index in [0.717, 1.165) is 0 Å². The molecule has 0 atom stereocenters. The summed E-state index contributed by atoms with van der Waals surface area (Å²) in [4.78, 5) is 11.1. The van der Waals surface area contributed by atoms with Gasteiger partial charge < -0.3 is 11.1 Å². The highest BCUT2D eigenvalue weighted by atomic mass is 19.4. The summed E-state index contributed by atoms with van der Waals surface area (Å²) >= 11 is 0. The van der Waals surface area contributed by atoms with Crippen LogP contribution in [0.15, 0.2) is 24.3 Å². The molecule has 0 bridgehead atoms. The largest absolute Gasteiger partial charge is 0.389 e. The minimum atomic E-state index is -4.20. The Morgan fingerprint density at radius 2 is 1.94 bits per heavy atom. The lowest BCUT2D eigenvalue weighted by Crippen LogP contribution is -2.22. The van der Waals surface area contributed by atoms with Gasteiger partial charge in [-0.15, -0.1) is 0 Å². The quantitative estimate of drug-likeness (QED) is 0.854. The number of para-hydroxylation sites is 1. The van der Waals surface area contributed by atoms with Gasteiger partial charge in [-0.05, 0) is 18.1 Å². The maximum absolute atomic E-state index is 12.1. The van der Waals surface area contributed by atoms with E-state index in [1.54, 1.807) is 24.3 Å². The monoisotopic (exact) mass is 246 g/mol. The maximum Gasteiger partial charge on any atom is 0.389 e. The molecule has 0 saturated carbocycles. The molecule has 0 aromatic heterocycles. The Kier molecular flexibility index (Phi) is 4.51. The molecule has 0 aliphatic heterocycles. The number of anilines is 1. The van der Waals surface area contributed by atoms with Crippen molar-refractivity contribution in [1.29, 1.82) is 0 Å². The molecule has 0 aliphatic carbocycles. The normalized spacial score (nSPS) is 11.3. The van der Waals surface area contributed by atoms with Gasteiger partial charge in [-0.25, -0.2) is 0 Å². The minimum Gasteiger partial charge on any atom is -0.325 e. The number of amides is 1. The van der Waals surface area contributed by atoms with Crippen molar-refractivity contribution in [3.05, 3.63) is 29.8 Å². The predicted octanol–water partition coefficient (Wildman–Crippen LogP) is 2.08. The van der Waals surface area contributed by atoms with Crippen LogP contribution in [-0.4, -0.2) is 18.6 Å². The topological polar surface area (TPSA) is 55.1 Å². The van der Waals surface area contributed by atoms with E-state index < -0.39 is 18.5 Å². The molecule has 6 heteroatoms. The van der Waals surface area contributed by atoms with E-state index in [1.165, 1.54) is 0 Å². The van der Waals surface area contributed by atoms with Crippen LogP contribution in [0.1, 0.15) is 12.0 Å². The van der Waals surface area contributed by atoms with Crippen molar-refractivity contribution in [2.45, 2.75) is 19.0 Å². The number of nitrogens with one attached hydrogen (secondary N) is 1. The van der Waals surface area contributed by atoms with Crippen molar-refractivity contribution in [1.82, 2.24) is 0 Å². The summed E-state index contributed by atoms with van der Waals surface area (Å²) in [5, 5.41) is 2.47. The minimum absolute atomic E-state index is 0.162. The molecule has 0 saturated heterocycles. The summed E-state index contributed by atoms with van der Waals surface area (Å²) in [6.07, 6.45) is -5.28. The average molecular weight is 246 g/mol. The van der Waals surface area contributed by atoms with Gasteiger partial charge in [0.25, 0.3) is 0 Å². The molecule has 0 spiro atoms. The first-order valence-corrected chi connectivity index (χ1v) is 5.07. The highest BCUT2D eigenvalue weighted by Crippen LogP contribution is 2.25. The van der Waals surface area contributed by atoms with E-state index in [2.05, 4.69) is 5.32 Å². The van der Waals surface area contributed by atoms with Crippen molar-refractivity contribution in [3.8, 4) is 0 Å². The van der Waals surface area contributed by atoms with Crippen LogP contribution in [0.4, 0.5) is 18.9 Å². The van der Waals surface area contributed by atoms with Crippen molar-refractivity contribution >= 4 is 11.6 Å². The van der Waals surface area contributed by atoms with E-state index in [9.17, 15) is 18.0 Å². The van der Waals surface area contributed by atoms with Crippen molar-refractivity contribution in [2.24, 2.45) is 5.73 Å². The van der Waals surface area contributed by atoms with Gasteiger partial charge in [-0.3, -0.25) is 4.79 Å². The molecule has 1 aromatic rings. The molecule has 0 aliphatic rings. The molecule has 0 heterocycles. The highest BCUT2D eigenvalue weighted by molar-refractivity contribution is 5.92. The van der Waals surface area contributed by atoms with Crippen molar-refractivity contribution < 1.29 is 18.0 Å². The fourth-order valence-electron chi connectivity index (χ4n) is 1.34. The number of nitrogens with two attached hydrogens (primary N) is 1. The summed E-state index contributed by atoms with van der Waals surface area (Å²) < 4.78 is 36.3. The standard InChI is InChI=1S/C11H13F3N2O/c12-11(13,14)6-5-8-3-1-2-4-9(8)16-10(17)7-15/h1-4H,5-7,15H2,(H,16,17). The Morgan fingerprint density at radius 1 is 1.29 bits per heavy atom. The zero-order valence-electron chi connectivity index (χ0n) is 9.05. The maximum atomic E-state index is 12.1. The van der Waals surface area contributed by atoms with Gasteiger partial charge in [0.2, 0.25) is 5.91 Å². The SMILES string of the molecule is NCC(=O)Nc1ccccc1CCC(F)(F)F.